The molecule has 0 amide bonds. The van der Waals surface area contributed by atoms with E-state index in [2.05, 4.69) is 6.92 Å². The Bertz CT molecular complexity index is 215. The zero-order valence-corrected chi connectivity index (χ0v) is 9.65. The fraction of sp³-hybridized carbons (Fsp3) is 1.00. The average Bonchev–Trinajstić information content (AvgIpc) is 2.49. The van der Waals surface area contributed by atoms with Gasteiger partial charge in [0.2, 0.25) is 0 Å². The number of nitrogens with one attached hydrogen (secondary N) is 1. The highest BCUT2D eigenvalue weighted by Gasteiger charge is 2.53. The van der Waals surface area contributed by atoms with E-state index in [-0.39, 0.29) is 12.4 Å². The topological polar surface area (TPSA) is 13.7 Å². The molecule has 2 nitrogen and oxygen atoms in total. The van der Waals surface area contributed by atoms with Gasteiger partial charge >= 0.3 is 0 Å². The summed E-state index contributed by atoms with van der Waals surface area (Å²) in [5.74, 6) is 1.70. The summed E-state index contributed by atoms with van der Waals surface area (Å²) in [6.45, 7) is 7.47. The van der Waals surface area contributed by atoms with E-state index in [0.29, 0.717) is 5.60 Å². The Morgan fingerprint density at radius 1 is 1.29 bits per heavy atom. The first-order valence-electron chi connectivity index (χ1n) is 5.76. The molecule has 4 saturated heterocycles. The summed E-state index contributed by atoms with van der Waals surface area (Å²) >= 11 is 0. The van der Waals surface area contributed by atoms with E-state index in [9.17, 15) is 0 Å². The SMILES string of the molecule is C[C@H]1CO[C@]2(C1)C[NH+]1CCC2CC1.[Cl-]. The zero-order chi connectivity index (χ0) is 8.89. The lowest BCUT2D eigenvalue weighted by molar-refractivity contribution is -0.925. The number of quaternary nitrogens is 1. The molecule has 4 fully saturated rings. The smallest absolute Gasteiger partial charge is 0.120 e. The van der Waals surface area contributed by atoms with Gasteiger partial charge in [0, 0.05) is 18.8 Å². The van der Waals surface area contributed by atoms with Crippen molar-refractivity contribution >= 4 is 0 Å². The van der Waals surface area contributed by atoms with Crippen LogP contribution in [0.15, 0.2) is 0 Å². The minimum atomic E-state index is 0. The van der Waals surface area contributed by atoms with E-state index in [4.69, 9.17) is 4.74 Å². The molecule has 14 heavy (non-hydrogen) atoms. The van der Waals surface area contributed by atoms with Gasteiger partial charge in [0.15, 0.2) is 0 Å². The van der Waals surface area contributed by atoms with Crippen molar-refractivity contribution in [3.05, 3.63) is 0 Å². The van der Waals surface area contributed by atoms with Crippen LogP contribution in [0, 0.1) is 11.8 Å². The number of rotatable bonds is 0. The van der Waals surface area contributed by atoms with Crippen LogP contribution in [0.2, 0.25) is 0 Å². The fourth-order valence-corrected chi connectivity index (χ4v) is 3.72. The van der Waals surface area contributed by atoms with Crippen molar-refractivity contribution in [2.75, 3.05) is 26.2 Å². The van der Waals surface area contributed by atoms with Crippen molar-refractivity contribution in [1.82, 2.24) is 0 Å². The van der Waals surface area contributed by atoms with Gasteiger partial charge in [-0.05, 0) is 12.3 Å². The van der Waals surface area contributed by atoms with Crippen LogP contribution >= 0.6 is 0 Å². The van der Waals surface area contributed by atoms with Crippen LogP contribution in [0.25, 0.3) is 0 Å². The molecule has 0 radical (unpaired) electrons. The van der Waals surface area contributed by atoms with E-state index in [0.717, 1.165) is 18.4 Å². The maximum atomic E-state index is 6.11. The van der Waals surface area contributed by atoms with Crippen LogP contribution in [0.4, 0.5) is 0 Å². The van der Waals surface area contributed by atoms with Gasteiger partial charge in [-0.25, -0.2) is 0 Å². The van der Waals surface area contributed by atoms with E-state index >= 15 is 0 Å². The van der Waals surface area contributed by atoms with Crippen molar-refractivity contribution in [1.29, 1.82) is 0 Å². The summed E-state index contributed by atoms with van der Waals surface area (Å²) in [6.07, 6.45) is 4.17. The van der Waals surface area contributed by atoms with Gasteiger partial charge in [0.05, 0.1) is 19.7 Å². The Hall–Kier alpha value is 0.210. The molecular formula is C11H20ClNO. The first-order valence-corrected chi connectivity index (χ1v) is 5.76. The van der Waals surface area contributed by atoms with Crippen molar-refractivity contribution in [3.8, 4) is 0 Å². The molecule has 0 unspecified atom stereocenters. The van der Waals surface area contributed by atoms with Gasteiger partial charge in [-0.2, -0.15) is 0 Å². The number of ether oxygens (including phenoxy) is 1. The lowest BCUT2D eigenvalue weighted by Crippen LogP contribution is -3.17. The maximum Gasteiger partial charge on any atom is 0.120 e. The normalized spacial score (nSPS) is 50.8. The first kappa shape index (κ1) is 10.7. The number of hydrogen-bond acceptors (Lipinski definition) is 1. The number of piperidine rings is 3. The summed E-state index contributed by atoms with van der Waals surface area (Å²) in [7, 11) is 0. The fourth-order valence-electron chi connectivity index (χ4n) is 3.72. The Kier molecular flexibility index (Phi) is 2.80. The molecule has 4 aliphatic heterocycles. The van der Waals surface area contributed by atoms with E-state index in [1.54, 1.807) is 4.90 Å². The van der Waals surface area contributed by atoms with Gasteiger partial charge in [0.1, 0.15) is 12.1 Å². The molecule has 2 bridgehead atoms. The molecule has 4 rings (SSSR count). The largest absolute Gasteiger partial charge is 1.00 e. The van der Waals surface area contributed by atoms with Crippen LogP contribution in [0.3, 0.4) is 0 Å². The first-order chi connectivity index (χ1) is 6.28. The van der Waals surface area contributed by atoms with E-state index in [1.807, 2.05) is 0 Å². The summed E-state index contributed by atoms with van der Waals surface area (Å²) < 4.78 is 6.11. The molecule has 0 saturated carbocycles. The summed E-state index contributed by atoms with van der Waals surface area (Å²) in [5.41, 5.74) is 0.325. The van der Waals surface area contributed by atoms with Crippen LogP contribution in [-0.4, -0.2) is 31.8 Å². The minimum Gasteiger partial charge on any atom is -1.00 e. The Morgan fingerprint density at radius 2 is 2.00 bits per heavy atom. The van der Waals surface area contributed by atoms with Gasteiger partial charge in [-0.15, -0.1) is 0 Å². The van der Waals surface area contributed by atoms with Crippen LogP contribution in [0.5, 0.6) is 0 Å². The third-order valence-electron chi connectivity index (χ3n) is 4.34. The quantitative estimate of drug-likeness (QED) is 0.460. The van der Waals surface area contributed by atoms with Gasteiger partial charge in [-0.1, -0.05) is 6.92 Å². The standard InChI is InChI=1S/C11H19NO.ClH/c1-9-6-11(13-7-9)8-12-4-2-10(11)3-5-12;/h9-10H,2-8H2,1H3;1H/t9-,11-;/m1./s1. The molecule has 4 aliphatic rings. The molecule has 0 aromatic rings. The summed E-state index contributed by atoms with van der Waals surface area (Å²) in [4.78, 5) is 1.80. The monoisotopic (exact) mass is 217 g/mol. The van der Waals surface area contributed by atoms with Crippen molar-refractivity contribution < 1.29 is 22.0 Å². The van der Waals surface area contributed by atoms with Gasteiger partial charge in [0.25, 0.3) is 0 Å². The van der Waals surface area contributed by atoms with Gasteiger partial charge < -0.3 is 22.0 Å². The zero-order valence-electron chi connectivity index (χ0n) is 8.89. The molecule has 4 heterocycles. The maximum absolute atomic E-state index is 6.11. The highest BCUT2D eigenvalue weighted by Crippen LogP contribution is 2.40. The van der Waals surface area contributed by atoms with Crippen LogP contribution in [-0.2, 0) is 4.74 Å². The van der Waals surface area contributed by atoms with E-state index < -0.39 is 0 Å². The van der Waals surface area contributed by atoms with Crippen LogP contribution < -0.4 is 17.3 Å². The average molecular weight is 218 g/mol. The second-order valence-electron chi connectivity index (χ2n) is 5.39. The number of fused-ring (bicyclic) bond motifs is 2. The van der Waals surface area contributed by atoms with Gasteiger partial charge in [-0.3, -0.25) is 0 Å². The molecular weight excluding hydrogens is 198 g/mol. The predicted octanol–water partition coefficient (Wildman–Crippen LogP) is -2.91. The third kappa shape index (κ3) is 1.48. The highest BCUT2D eigenvalue weighted by atomic mass is 35.5. The predicted molar refractivity (Wildman–Crippen MR) is 50.8 cm³/mol. The Morgan fingerprint density at radius 3 is 2.43 bits per heavy atom. The van der Waals surface area contributed by atoms with Crippen LogP contribution in [0.1, 0.15) is 26.2 Å². The number of halogens is 1. The lowest BCUT2D eigenvalue weighted by Gasteiger charge is -2.48. The number of hydrogen-bond donors (Lipinski definition) is 1. The Labute approximate surface area is 92.4 Å². The van der Waals surface area contributed by atoms with Crippen molar-refractivity contribution in [2.24, 2.45) is 11.8 Å². The minimum absolute atomic E-state index is 0. The lowest BCUT2D eigenvalue weighted by atomic mass is 9.73. The molecule has 2 atom stereocenters. The Balaban J connectivity index is 0.000000750. The van der Waals surface area contributed by atoms with Crippen molar-refractivity contribution in [3.63, 3.8) is 0 Å². The second kappa shape index (κ2) is 3.66. The third-order valence-corrected chi connectivity index (χ3v) is 4.34. The highest BCUT2D eigenvalue weighted by molar-refractivity contribution is 4.96. The molecule has 1 spiro atoms. The molecule has 0 aromatic heterocycles. The van der Waals surface area contributed by atoms with Crippen molar-refractivity contribution in [2.45, 2.75) is 31.8 Å². The molecule has 82 valence electrons. The summed E-state index contributed by atoms with van der Waals surface area (Å²) in [5, 5.41) is 0. The molecule has 0 aromatic carbocycles. The molecule has 1 N–H and O–H groups in total. The molecule has 3 heteroatoms. The van der Waals surface area contributed by atoms with E-state index in [1.165, 1.54) is 38.9 Å². The molecule has 0 aliphatic carbocycles. The summed E-state index contributed by atoms with van der Waals surface area (Å²) in [6, 6.07) is 0. The second-order valence-corrected chi connectivity index (χ2v) is 5.39.